The van der Waals surface area contributed by atoms with Crippen molar-refractivity contribution in [2.45, 2.75) is 12.8 Å². The maximum Gasteiger partial charge on any atom is 0.262 e. The Hall–Kier alpha value is -3.35. The molecule has 0 spiro atoms. The van der Waals surface area contributed by atoms with Crippen molar-refractivity contribution in [1.82, 2.24) is 20.4 Å². The average molecular weight is 338 g/mol. The zero-order valence-electron chi connectivity index (χ0n) is 13.7. The molecule has 2 heterocycles. The maximum absolute atomic E-state index is 11.9. The summed E-state index contributed by atoms with van der Waals surface area (Å²) in [5.74, 6) is 0.656. The van der Waals surface area contributed by atoms with Gasteiger partial charge in [0, 0.05) is 26.0 Å². The number of aromatic nitrogens is 2. The van der Waals surface area contributed by atoms with Crippen LogP contribution in [0.1, 0.15) is 18.0 Å². The molecule has 0 aliphatic carbocycles. The number of carbonyl (C=O) groups excluding carboxylic acids is 2. The number of nitrogens with one attached hydrogen (secondary N) is 2. The van der Waals surface area contributed by atoms with E-state index in [0.29, 0.717) is 12.2 Å². The number of para-hydroxylation sites is 2. The van der Waals surface area contributed by atoms with Gasteiger partial charge in [-0.25, -0.2) is 4.98 Å². The molecule has 0 unspecified atom stereocenters. The third-order valence-corrected chi connectivity index (χ3v) is 3.72. The smallest absolute Gasteiger partial charge is 0.262 e. The van der Waals surface area contributed by atoms with Gasteiger partial charge in [-0.3, -0.25) is 20.4 Å². The minimum absolute atomic E-state index is 0.222. The molecule has 1 aromatic carbocycles. The molecule has 2 N–H and O–H groups in total. The molecule has 2 aromatic heterocycles. The topological polar surface area (TPSA) is 89.2 Å². The third-order valence-electron chi connectivity index (χ3n) is 3.72. The number of carbonyl (C=O) groups is 2. The second-order valence-electron chi connectivity index (χ2n) is 5.46. The number of amides is 2. The fourth-order valence-electron chi connectivity index (χ4n) is 2.42. The highest BCUT2D eigenvalue weighted by molar-refractivity contribution is 5.92. The molecule has 0 radical (unpaired) electrons. The summed E-state index contributed by atoms with van der Waals surface area (Å²) in [7, 11) is 1.92. The Bertz CT molecular complexity index is 910. The fraction of sp³-hybridized carbons (Fsp3) is 0.167. The number of aryl methyl sites for hydroxylation is 2. The highest BCUT2D eigenvalue weighted by Gasteiger charge is 2.09. The summed E-state index contributed by atoms with van der Waals surface area (Å²) in [6, 6.07) is 11.2. The first-order valence-electron chi connectivity index (χ1n) is 7.84. The highest BCUT2D eigenvalue weighted by Crippen LogP contribution is 2.15. The van der Waals surface area contributed by atoms with Gasteiger partial charge < -0.3 is 8.98 Å². The van der Waals surface area contributed by atoms with Crippen LogP contribution in [0.4, 0.5) is 0 Å². The lowest BCUT2D eigenvalue weighted by molar-refractivity contribution is -0.126. The van der Waals surface area contributed by atoms with Gasteiger partial charge in [-0.15, -0.1) is 0 Å². The maximum atomic E-state index is 11.9. The molecule has 7 nitrogen and oxygen atoms in total. The normalized spacial score (nSPS) is 11.1. The first kappa shape index (κ1) is 16.5. The van der Waals surface area contributed by atoms with E-state index in [0.717, 1.165) is 16.9 Å². The van der Waals surface area contributed by atoms with E-state index in [-0.39, 0.29) is 12.3 Å². The lowest BCUT2D eigenvalue weighted by Crippen LogP contribution is -2.40. The predicted octanol–water partition coefficient (Wildman–Crippen LogP) is 1.96. The van der Waals surface area contributed by atoms with Crippen LogP contribution in [0.15, 0.2) is 53.2 Å². The van der Waals surface area contributed by atoms with Crippen LogP contribution in [0.2, 0.25) is 0 Å². The van der Waals surface area contributed by atoms with Gasteiger partial charge in [0.1, 0.15) is 11.6 Å². The van der Waals surface area contributed by atoms with E-state index in [4.69, 9.17) is 4.42 Å². The molecule has 7 heteroatoms. The van der Waals surface area contributed by atoms with Crippen LogP contribution in [0.3, 0.4) is 0 Å². The van der Waals surface area contributed by atoms with E-state index in [2.05, 4.69) is 15.8 Å². The van der Waals surface area contributed by atoms with Crippen molar-refractivity contribution in [1.29, 1.82) is 0 Å². The number of nitrogens with zero attached hydrogens (tertiary/aromatic N) is 2. The molecule has 25 heavy (non-hydrogen) atoms. The van der Waals surface area contributed by atoms with Crippen molar-refractivity contribution in [2.24, 2.45) is 7.05 Å². The average Bonchev–Trinajstić information content (AvgIpc) is 3.25. The third kappa shape index (κ3) is 4.14. The van der Waals surface area contributed by atoms with Crippen molar-refractivity contribution < 1.29 is 14.0 Å². The Morgan fingerprint density at radius 3 is 2.80 bits per heavy atom. The number of rotatable bonds is 5. The van der Waals surface area contributed by atoms with Crippen LogP contribution >= 0.6 is 0 Å². The summed E-state index contributed by atoms with van der Waals surface area (Å²) in [5.41, 5.74) is 6.63. The predicted molar refractivity (Wildman–Crippen MR) is 93.1 cm³/mol. The highest BCUT2D eigenvalue weighted by atomic mass is 16.3. The van der Waals surface area contributed by atoms with Crippen LogP contribution in [0, 0.1) is 0 Å². The van der Waals surface area contributed by atoms with Gasteiger partial charge in [-0.1, -0.05) is 12.1 Å². The minimum Gasteiger partial charge on any atom is -0.465 e. The number of hydrazine groups is 1. The van der Waals surface area contributed by atoms with Crippen LogP contribution in [-0.2, 0) is 23.1 Å². The quantitative estimate of drug-likeness (QED) is 0.550. The molecular weight excluding hydrogens is 320 g/mol. The van der Waals surface area contributed by atoms with Gasteiger partial charge in [0.2, 0.25) is 5.91 Å². The van der Waals surface area contributed by atoms with Gasteiger partial charge in [-0.05, 0) is 30.3 Å². The summed E-state index contributed by atoms with van der Waals surface area (Å²) >= 11 is 0. The van der Waals surface area contributed by atoms with Crippen LogP contribution in [0.25, 0.3) is 17.1 Å². The van der Waals surface area contributed by atoms with Crippen LogP contribution < -0.4 is 10.9 Å². The Morgan fingerprint density at radius 1 is 1.20 bits per heavy atom. The van der Waals surface area contributed by atoms with Crippen molar-refractivity contribution in [3.05, 3.63) is 60.3 Å². The van der Waals surface area contributed by atoms with Gasteiger partial charge in [0.05, 0.1) is 17.3 Å². The molecule has 0 fully saturated rings. The van der Waals surface area contributed by atoms with E-state index in [9.17, 15) is 9.59 Å². The molecule has 0 saturated carbocycles. The molecule has 3 aromatic rings. The number of benzene rings is 1. The van der Waals surface area contributed by atoms with Crippen LogP contribution in [-0.4, -0.2) is 21.4 Å². The second kappa shape index (κ2) is 7.48. The molecule has 0 aliphatic rings. The molecule has 0 saturated heterocycles. The zero-order chi connectivity index (χ0) is 17.6. The van der Waals surface area contributed by atoms with E-state index < -0.39 is 5.91 Å². The van der Waals surface area contributed by atoms with Gasteiger partial charge in [0.15, 0.2) is 0 Å². The van der Waals surface area contributed by atoms with Crippen molar-refractivity contribution >= 4 is 28.9 Å². The van der Waals surface area contributed by atoms with E-state index >= 15 is 0 Å². The molecular formula is C18H18N4O3. The van der Waals surface area contributed by atoms with E-state index in [1.807, 2.05) is 35.9 Å². The molecule has 0 aliphatic heterocycles. The number of imidazole rings is 1. The Kier molecular flexibility index (Phi) is 4.94. The molecule has 3 rings (SSSR count). The first-order valence-corrected chi connectivity index (χ1v) is 7.84. The van der Waals surface area contributed by atoms with Crippen molar-refractivity contribution in [3.8, 4) is 0 Å². The van der Waals surface area contributed by atoms with Gasteiger partial charge in [-0.2, -0.15) is 0 Å². The Labute approximate surface area is 144 Å². The number of hydrogen-bond donors (Lipinski definition) is 2. The summed E-state index contributed by atoms with van der Waals surface area (Å²) in [4.78, 5) is 28.0. The number of furan rings is 1. The summed E-state index contributed by atoms with van der Waals surface area (Å²) in [5, 5.41) is 0. The van der Waals surface area contributed by atoms with E-state index in [1.165, 1.54) is 18.4 Å². The Morgan fingerprint density at radius 2 is 2.04 bits per heavy atom. The van der Waals surface area contributed by atoms with Crippen molar-refractivity contribution in [2.75, 3.05) is 0 Å². The van der Waals surface area contributed by atoms with Crippen molar-refractivity contribution in [3.63, 3.8) is 0 Å². The SMILES string of the molecule is Cn1c(CCC(=O)NNC(=O)/C=C/c2ccco2)nc2ccccc21. The summed E-state index contributed by atoms with van der Waals surface area (Å²) in [6.07, 6.45) is 5.01. The molecule has 0 atom stereocenters. The number of fused-ring (bicyclic) bond motifs is 1. The summed E-state index contributed by atoms with van der Waals surface area (Å²) in [6.45, 7) is 0. The zero-order valence-corrected chi connectivity index (χ0v) is 13.7. The summed E-state index contributed by atoms with van der Waals surface area (Å²) < 4.78 is 7.04. The first-order chi connectivity index (χ1) is 12.1. The standard InChI is InChI=1S/C18H18N4O3/c1-22-15-7-3-2-6-14(15)19-16(22)9-11-18(24)21-20-17(23)10-8-13-5-4-12-25-13/h2-8,10,12H,9,11H2,1H3,(H,20,23)(H,21,24)/b10-8+. The lowest BCUT2D eigenvalue weighted by atomic mass is 10.3. The lowest BCUT2D eigenvalue weighted by Gasteiger charge is -2.05. The second-order valence-corrected chi connectivity index (χ2v) is 5.46. The van der Waals surface area contributed by atoms with Gasteiger partial charge in [0.25, 0.3) is 5.91 Å². The number of hydrogen-bond acceptors (Lipinski definition) is 4. The Balaban J connectivity index is 1.47. The molecule has 128 valence electrons. The monoisotopic (exact) mass is 338 g/mol. The van der Waals surface area contributed by atoms with Crippen LogP contribution in [0.5, 0.6) is 0 Å². The molecule has 2 amide bonds. The largest absolute Gasteiger partial charge is 0.465 e. The minimum atomic E-state index is -0.438. The van der Waals surface area contributed by atoms with E-state index in [1.54, 1.807) is 12.1 Å². The van der Waals surface area contributed by atoms with Gasteiger partial charge >= 0.3 is 0 Å². The fourth-order valence-corrected chi connectivity index (χ4v) is 2.42. The molecule has 0 bridgehead atoms.